The molecule has 16 rings (SSSR count). The summed E-state index contributed by atoms with van der Waals surface area (Å²) in [6.45, 7) is 28.8. The van der Waals surface area contributed by atoms with E-state index in [0.29, 0.717) is 0 Å². The van der Waals surface area contributed by atoms with Gasteiger partial charge in [0.25, 0.3) is 33.3 Å². The van der Waals surface area contributed by atoms with E-state index in [4.69, 9.17) is 17.7 Å². The first-order chi connectivity index (χ1) is 64.7. The summed E-state index contributed by atoms with van der Waals surface area (Å²) in [6.07, 6.45) is 0. The molecule has 0 spiro atoms. The molecule has 0 aliphatic heterocycles. The lowest BCUT2D eigenvalue weighted by atomic mass is 9.70. The Bertz CT molecular complexity index is 5190. The number of hydrogen-bond donors (Lipinski definition) is 0. The Morgan fingerprint density at radius 1 is 0.157 bits per heavy atom. The van der Waals surface area contributed by atoms with Crippen LogP contribution in [0.2, 0.25) is 0 Å². The van der Waals surface area contributed by atoms with Crippen LogP contribution in [0.3, 0.4) is 0 Å². The molecule has 678 valence electrons. The number of hydrogen-bond acceptors (Lipinski definition) is 4. The van der Waals surface area contributed by atoms with Crippen LogP contribution in [0.1, 0.15) is 206 Å². The van der Waals surface area contributed by atoms with Crippen LogP contribution in [0, 0.1) is 0 Å². The molecule has 0 bridgehead atoms. The fourth-order valence-electron chi connectivity index (χ4n) is 20.5. The van der Waals surface area contributed by atoms with E-state index in [0.717, 1.165) is 95.5 Å². The molecule has 0 aliphatic carbocycles. The van der Waals surface area contributed by atoms with Gasteiger partial charge in [0.05, 0.1) is 0 Å². The van der Waals surface area contributed by atoms with Crippen LogP contribution in [0.25, 0.3) is 0 Å². The van der Waals surface area contributed by atoms with Crippen molar-refractivity contribution in [3.8, 4) is 23.0 Å². The maximum atomic E-state index is 8.44. The van der Waals surface area contributed by atoms with Crippen molar-refractivity contribution < 1.29 is 17.7 Å². The van der Waals surface area contributed by atoms with Crippen molar-refractivity contribution in [3.63, 3.8) is 0 Å². The standard InChI is InChI=1S/C126H134O4Si4/c1-123(2,3)113-81-109(73-77-117(113)127-131(85-97-49-25-13-26-50-97,86-98-51-27-14-28-52-98)87-99-53-29-15-30-54-99)121(110-74-78-118(114(82-110)124(4,5)6)128-132(88-100-55-31-16-32-56-100,89-101-57-33-17-34-58-101)90-102-59-35-18-36-60-102)122(111-75-79-119(115(83-111)125(7,8)9)129-133(91-103-61-37-19-38-62-103,92-104-63-39-20-40-64-104)93-105-65-41-21-42-66-105)112-76-80-120(116(84-112)126(10,11)12)130-134(94-106-67-43-22-44-68-106,95-107-69-45-23-46-70-107)96-108-71-47-24-48-72-108/h13-84,121-122H,85-96H2,1-12H3. The zero-order valence-corrected chi connectivity index (χ0v) is 84.8. The van der Waals surface area contributed by atoms with Crippen molar-refractivity contribution >= 4 is 33.3 Å². The minimum atomic E-state index is -2.99. The molecule has 0 radical (unpaired) electrons. The van der Waals surface area contributed by atoms with Gasteiger partial charge in [0.2, 0.25) is 0 Å². The van der Waals surface area contributed by atoms with Gasteiger partial charge in [-0.3, -0.25) is 0 Å². The largest absolute Gasteiger partial charge is 0.542 e. The Morgan fingerprint density at radius 3 is 0.373 bits per heavy atom. The molecule has 0 saturated carbocycles. The van der Waals surface area contributed by atoms with Gasteiger partial charge in [-0.05, 0) is 157 Å². The van der Waals surface area contributed by atoms with Crippen LogP contribution in [0.15, 0.2) is 437 Å². The van der Waals surface area contributed by atoms with E-state index < -0.39 is 54.9 Å². The lowest BCUT2D eigenvalue weighted by Gasteiger charge is -2.39. The van der Waals surface area contributed by atoms with Crippen molar-refractivity contribution in [2.24, 2.45) is 0 Å². The van der Waals surface area contributed by atoms with E-state index in [9.17, 15) is 0 Å². The number of rotatable bonds is 37. The fraction of sp³-hybridized carbons (Fsp3) is 0.238. The van der Waals surface area contributed by atoms with Crippen LogP contribution < -0.4 is 17.7 Å². The van der Waals surface area contributed by atoms with E-state index in [2.05, 4.69) is 520 Å². The normalized spacial score (nSPS) is 12.4. The van der Waals surface area contributed by atoms with Gasteiger partial charge in [-0.15, -0.1) is 0 Å². The topological polar surface area (TPSA) is 36.9 Å². The summed E-state index contributed by atoms with van der Waals surface area (Å²) in [5, 5.41) is 0. The second-order valence-electron chi connectivity index (χ2n) is 42.1. The molecule has 4 nitrogen and oxygen atoms in total. The molecule has 0 aliphatic rings. The van der Waals surface area contributed by atoms with Crippen LogP contribution in [0.5, 0.6) is 23.0 Å². The van der Waals surface area contributed by atoms with Crippen molar-refractivity contribution in [1.29, 1.82) is 0 Å². The summed E-state index contributed by atoms with van der Waals surface area (Å²) in [7, 11) is -12.0. The molecule has 134 heavy (non-hydrogen) atoms. The molecule has 0 saturated heterocycles. The van der Waals surface area contributed by atoms with Gasteiger partial charge in [-0.25, -0.2) is 0 Å². The molecule has 8 heteroatoms. The molecular weight excluding hydrogens is 1690 g/mol. The number of benzene rings is 16. The Kier molecular flexibility index (Phi) is 30.0. The molecule has 0 atom stereocenters. The average molecular weight is 1820 g/mol. The molecule has 16 aromatic carbocycles. The first-order valence-electron chi connectivity index (χ1n) is 48.5. The lowest BCUT2D eigenvalue weighted by molar-refractivity contribution is 0.483. The predicted molar refractivity (Wildman–Crippen MR) is 572 cm³/mol. The second-order valence-corrected chi connectivity index (χ2v) is 56.6. The third kappa shape index (κ3) is 25.0. The third-order valence-corrected chi connectivity index (χ3v) is 42.0. The summed E-state index contributed by atoms with van der Waals surface area (Å²) in [6, 6.07) is 174. The maximum Gasteiger partial charge on any atom is 0.264 e. The maximum absolute atomic E-state index is 8.44. The molecule has 16 aromatic rings. The highest BCUT2D eigenvalue weighted by molar-refractivity contribution is 6.74. The second kappa shape index (κ2) is 42.4. The molecule has 0 aromatic heterocycles. The third-order valence-electron chi connectivity index (χ3n) is 26.8. The minimum Gasteiger partial charge on any atom is -0.542 e. The molecule has 0 unspecified atom stereocenters. The Hall–Kier alpha value is -12.4. The first kappa shape index (κ1) is 94.8. The van der Waals surface area contributed by atoms with Crippen LogP contribution >= 0.6 is 0 Å². The zero-order valence-electron chi connectivity index (χ0n) is 80.8. The summed E-state index contributed by atoms with van der Waals surface area (Å²) in [5.41, 5.74) is 23.2. The van der Waals surface area contributed by atoms with E-state index in [1.54, 1.807) is 0 Å². The van der Waals surface area contributed by atoms with Gasteiger partial charge in [-0.2, -0.15) is 0 Å². The van der Waals surface area contributed by atoms with E-state index in [1.807, 2.05) is 0 Å². The average Bonchev–Trinajstić information content (AvgIpc) is 0.747. The zero-order chi connectivity index (χ0) is 93.2. The Balaban J connectivity index is 0.976. The van der Waals surface area contributed by atoms with Gasteiger partial charge in [-0.1, -0.05) is 496 Å². The van der Waals surface area contributed by atoms with Crippen LogP contribution in [-0.4, -0.2) is 33.3 Å². The van der Waals surface area contributed by atoms with E-state index in [-0.39, 0.29) is 11.8 Å². The van der Waals surface area contributed by atoms with E-state index in [1.165, 1.54) is 111 Å². The highest BCUT2D eigenvalue weighted by atomic mass is 28.4. The molecule has 0 N–H and O–H groups in total. The Morgan fingerprint density at radius 2 is 0.269 bits per heavy atom. The first-order valence-corrected chi connectivity index (χ1v) is 58.6. The van der Waals surface area contributed by atoms with Crippen LogP contribution in [0.4, 0.5) is 0 Å². The molecule has 0 amide bonds. The predicted octanol–water partition coefficient (Wildman–Crippen LogP) is 30.5. The van der Waals surface area contributed by atoms with E-state index >= 15 is 0 Å². The van der Waals surface area contributed by atoms with Gasteiger partial charge in [0.15, 0.2) is 0 Å². The van der Waals surface area contributed by atoms with Crippen LogP contribution in [-0.2, 0) is 94.2 Å². The van der Waals surface area contributed by atoms with Crippen molar-refractivity contribution in [1.82, 2.24) is 0 Å². The fourth-order valence-corrected chi connectivity index (χ4v) is 37.3. The molecule has 0 fully saturated rings. The highest BCUT2D eigenvalue weighted by Crippen LogP contribution is 2.52. The van der Waals surface area contributed by atoms with Crippen molar-refractivity contribution in [2.75, 3.05) is 0 Å². The minimum absolute atomic E-state index is 0.357. The summed E-state index contributed by atoms with van der Waals surface area (Å²) in [4.78, 5) is 0. The quantitative estimate of drug-likeness (QED) is 0.0364. The van der Waals surface area contributed by atoms with Gasteiger partial charge < -0.3 is 17.7 Å². The summed E-state index contributed by atoms with van der Waals surface area (Å²) in [5.74, 6) is 3.06. The molecular formula is C126H134O4Si4. The Labute approximate surface area is 805 Å². The SMILES string of the molecule is CC(C)(C)c1cc(C(c2ccc(O[Si](Cc3ccccc3)(Cc3ccccc3)Cc3ccccc3)c(C(C)(C)C)c2)C(c2ccc(O[Si](Cc3ccccc3)(Cc3ccccc3)Cc3ccccc3)c(C(C)(C)C)c2)c2ccc(O[Si](Cc3ccccc3)(Cc3ccccc3)Cc3ccccc3)c(C(C)(C)C)c2)ccc1O[Si](Cc1ccccc1)(Cc1ccccc1)Cc1ccccc1. The van der Waals surface area contributed by atoms with Gasteiger partial charge in [0, 0.05) is 84.4 Å². The van der Waals surface area contributed by atoms with Gasteiger partial charge >= 0.3 is 0 Å². The molecule has 0 heterocycles. The monoisotopic (exact) mass is 1820 g/mol. The highest BCUT2D eigenvalue weighted by Gasteiger charge is 2.46. The summed E-state index contributed by atoms with van der Waals surface area (Å²) < 4.78 is 33.7. The van der Waals surface area contributed by atoms with Gasteiger partial charge in [0.1, 0.15) is 23.0 Å². The lowest BCUT2D eigenvalue weighted by Crippen LogP contribution is -2.50. The summed E-state index contributed by atoms with van der Waals surface area (Å²) >= 11 is 0. The van der Waals surface area contributed by atoms with Crippen molar-refractivity contribution in [3.05, 3.63) is 548 Å². The smallest absolute Gasteiger partial charge is 0.264 e. The van der Waals surface area contributed by atoms with Crippen molar-refractivity contribution in [2.45, 2.75) is 189 Å².